The number of amides is 1. The molecule has 25 heavy (non-hydrogen) atoms. The lowest BCUT2D eigenvalue weighted by Gasteiger charge is -2.28. The topological polar surface area (TPSA) is 66.5 Å². The second-order valence-corrected chi connectivity index (χ2v) is 8.38. The molecule has 1 N–H and O–H groups in total. The maximum atomic E-state index is 12.6. The van der Waals surface area contributed by atoms with Crippen molar-refractivity contribution in [2.75, 3.05) is 15.9 Å². The smallest absolute Gasteiger partial charge is 0.248 e. The third-order valence-electron chi connectivity index (χ3n) is 3.38. The molecule has 9 heteroatoms. The summed E-state index contributed by atoms with van der Waals surface area (Å²) < 4.78 is 25.4. The summed E-state index contributed by atoms with van der Waals surface area (Å²) in [5.74, 6) is -0.551. The molecule has 0 unspecified atom stereocenters. The van der Waals surface area contributed by atoms with Crippen molar-refractivity contribution >= 4 is 62.1 Å². The van der Waals surface area contributed by atoms with E-state index in [0.29, 0.717) is 16.4 Å². The summed E-state index contributed by atoms with van der Waals surface area (Å²) >= 11 is 17.8. The number of sulfonamides is 1. The highest BCUT2D eigenvalue weighted by Crippen LogP contribution is 2.30. The van der Waals surface area contributed by atoms with E-state index in [1.165, 1.54) is 19.1 Å². The van der Waals surface area contributed by atoms with Gasteiger partial charge in [0.2, 0.25) is 15.9 Å². The van der Waals surface area contributed by atoms with Crippen LogP contribution in [0.1, 0.15) is 6.92 Å². The van der Waals surface area contributed by atoms with E-state index in [4.69, 9.17) is 34.8 Å². The fourth-order valence-electron chi connectivity index (χ4n) is 2.23. The van der Waals surface area contributed by atoms with Gasteiger partial charge in [-0.05, 0) is 43.3 Å². The van der Waals surface area contributed by atoms with Crippen LogP contribution in [0.2, 0.25) is 15.1 Å². The van der Waals surface area contributed by atoms with Gasteiger partial charge in [0.1, 0.15) is 6.04 Å². The zero-order valence-corrected chi connectivity index (χ0v) is 16.4. The van der Waals surface area contributed by atoms with Crippen molar-refractivity contribution in [3.63, 3.8) is 0 Å². The second kappa shape index (κ2) is 7.83. The molecular weight excluding hydrogens is 407 g/mol. The van der Waals surface area contributed by atoms with E-state index >= 15 is 0 Å². The van der Waals surface area contributed by atoms with Crippen LogP contribution < -0.4 is 9.62 Å². The monoisotopic (exact) mass is 420 g/mol. The molecule has 0 aliphatic rings. The standard InChI is InChI=1S/C16H15Cl3N2O3S/c1-10(16(22)20-14-5-3-4-13(18)15(14)19)21(25(2,23)24)12-8-6-11(17)7-9-12/h3-10H,1-2H3,(H,20,22)/t10-/m0/s1. The second-order valence-electron chi connectivity index (χ2n) is 5.30. The third kappa shape index (κ3) is 4.79. The van der Waals surface area contributed by atoms with Crippen molar-refractivity contribution in [3.8, 4) is 0 Å². The predicted molar refractivity (Wildman–Crippen MR) is 103 cm³/mol. The number of hydrogen-bond acceptors (Lipinski definition) is 3. The molecular formula is C16H15Cl3N2O3S. The van der Waals surface area contributed by atoms with Crippen LogP contribution in [0.15, 0.2) is 42.5 Å². The van der Waals surface area contributed by atoms with Crippen LogP contribution in [0, 0.1) is 0 Å². The first-order valence-electron chi connectivity index (χ1n) is 7.11. The minimum Gasteiger partial charge on any atom is -0.323 e. The molecule has 0 heterocycles. The minimum absolute atomic E-state index is 0.183. The van der Waals surface area contributed by atoms with Crippen LogP contribution in [0.5, 0.6) is 0 Å². The van der Waals surface area contributed by atoms with Gasteiger partial charge in [-0.3, -0.25) is 9.10 Å². The summed E-state index contributed by atoms with van der Waals surface area (Å²) in [7, 11) is -3.72. The lowest BCUT2D eigenvalue weighted by atomic mass is 10.2. The molecule has 0 radical (unpaired) electrons. The first-order chi connectivity index (χ1) is 11.6. The number of benzene rings is 2. The molecule has 0 spiro atoms. The average molecular weight is 422 g/mol. The number of halogens is 3. The van der Waals surface area contributed by atoms with E-state index < -0.39 is 22.0 Å². The first-order valence-corrected chi connectivity index (χ1v) is 10.1. The van der Waals surface area contributed by atoms with E-state index in [1.54, 1.807) is 30.3 Å². The van der Waals surface area contributed by atoms with E-state index in [1.807, 2.05) is 0 Å². The maximum Gasteiger partial charge on any atom is 0.248 e. The van der Waals surface area contributed by atoms with Crippen LogP contribution in [-0.2, 0) is 14.8 Å². The van der Waals surface area contributed by atoms with Gasteiger partial charge in [-0.2, -0.15) is 0 Å². The minimum atomic E-state index is -3.72. The molecule has 2 rings (SSSR count). The molecule has 5 nitrogen and oxygen atoms in total. The molecule has 134 valence electrons. The van der Waals surface area contributed by atoms with Crippen LogP contribution in [0.25, 0.3) is 0 Å². The van der Waals surface area contributed by atoms with Crippen molar-refractivity contribution in [2.24, 2.45) is 0 Å². The molecule has 0 aliphatic carbocycles. The Morgan fingerprint density at radius 3 is 2.24 bits per heavy atom. The van der Waals surface area contributed by atoms with E-state index in [2.05, 4.69) is 5.32 Å². The van der Waals surface area contributed by atoms with Gasteiger partial charge in [-0.1, -0.05) is 40.9 Å². The molecule has 0 aromatic heterocycles. The number of hydrogen-bond donors (Lipinski definition) is 1. The lowest BCUT2D eigenvalue weighted by molar-refractivity contribution is -0.116. The van der Waals surface area contributed by atoms with Crippen molar-refractivity contribution in [1.29, 1.82) is 0 Å². The quantitative estimate of drug-likeness (QED) is 0.776. The average Bonchev–Trinajstić information content (AvgIpc) is 2.52. The molecule has 0 saturated heterocycles. The lowest BCUT2D eigenvalue weighted by Crippen LogP contribution is -2.45. The van der Waals surface area contributed by atoms with Gasteiger partial charge in [0, 0.05) is 5.02 Å². The molecule has 2 aromatic carbocycles. The van der Waals surface area contributed by atoms with Crippen LogP contribution in [0.3, 0.4) is 0 Å². The van der Waals surface area contributed by atoms with E-state index in [0.717, 1.165) is 10.6 Å². The molecule has 0 bridgehead atoms. The van der Waals surface area contributed by atoms with Gasteiger partial charge in [-0.25, -0.2) is 8.42 Å². The number of rotatable bonds is 5. The van der Waals surface area contributed by atoms with E-state index in [-0.39, 0.29) is 10.0 Å². The SMILES string of the molecule is C[C@@H](C(=O)Nc1cccc(Cl)c1Cl)N(c1ccc(Cl)cc1)S(C)(=O)=O. The number of nitrogens with zero attached hydrogens (tertiary/aromatic N) is 1. The first kappa shape index (κ1) is 19.8. The predicted octanol–water partition coefficient (Wildman–Crippen LogP) is 4.44. The van der Waals surface area contributed by atoms with Crippen molar-refractivity contribution < 1.29 is 13.2 Å². The summed E-state index contributed by atoms with van der Waals surface area (Å²) in [5.41, 5.74) is 0.627. The fraction of sp³-hybridized carbons (Fsp3) is 0.188. The largest absolute Gasteiger partial charge is 0.323 e. The number of carbonyl (C=O) groups is 1. The zero-order chi connectivity index (χ0) is 18.8. The van der Waals surface area contributed by atoms with Gasteiger partial charge in [0.05, 0.1) is 27.7 Å². The molecule has 0 aliphatic heterocycles. The summed E-state index contributed by atoms with van der Waals surface area (Å²) in [6.07, 6.45) is 1.03. The van der Waals surface area contributed by atoms with Crippen molar-refractivity contribution in [3.05, 3.63) is 57.5 Å². The summed E-state index contributed by atoms with van der Waals surface area (Å²) in [4.78, 5) is 12.6. The van der Waals surface area contributed by atoms with Crippen molar-refractivity contribution in [1.82, 2.24) is 0 Å². The molecule has 1 atom stereocenters. The Morgan fingerprint density at radius 1 is 1.08 bits per heavy atom. The Morgan fingerprint density at radius 2 is 1.68 bits per heavy atom. The molecule has 1 amide bonds. The van der Waals surface area contributed by atoms with Crippen LogP contribution in [-0.4, -0.2) is 26.6 Å². The van der Waals surface area contributed by atoms with Gasteiger partial charge >= 0.3 is 0 Å². The van der Waals surface area contributed by atoms with Crippen molar-refractivity contribution in [2.45, 2.75) is 13.0 Å². The highest BCUT2D eigenvalue weighted by molar-refractivity contribution is 7.92. The van der Waals surface area contributed by atoms with Gasteiger partial charge in [-0.15, -0.1) is 0 Å². The van der Waals surface area contributed by atoms with Gasteiger partial charge < -0.3 is 5.32 Å². The Labute approximate surface area is 161 Å². The number of anilines is 2. The van der Waals surface area contributed by atoms with Gasteiger partial charge in [0.15, 0.2) is 0 Å². The molecule has 0 saturated carbocycles. The Bertz CT molecular complexity index is 886. The molecule has 0 fully saturated rings. The van der Waals surface area contributed by atoms with Gasteiger partial charge in [0.25, 0.3) is 0 Å². The Hall–Kier alpha value is -1.47. The van der Waals surface area contributed by atoms with E-state index in [9.17, 15) is 13.2 Å². The normalized spacial score (nSPS) is 12.5. The zero-order valence-electron chi connectivity index (χ0n) is 13.3. The number of carbonyl (C=O) groups excluding carboxylic acids is 1. The summed E-state index contributed by atoms with van der Waals surface area (Å²) in [6.45, 7) is 1.48. The summed E-state index contributed by atoms with van der Waals surface area (Å²) in [6, 6.07) is 9.92. The maximum absolute atomic E-state index is 12.6. The van der Waals surface area contributed by atoms with Crippen LogP contribution in [0.4, 0.5) is 11.4 Å². The Balaban J connectivity index is 2.33. The molecule has 2 aromatic rings. The highest BCUT2D eigenvalue weighted by atomic mass is 35.5. The fourth-order valence-corrected chi connectivity index (χ4v) is 3.88. The highest BCUT2D eigenvalue weighted by Gasteiger charge is 2.29. The van der Waals surface area contributed by atoms with Crippen LogP contribution >= 0.6 is 34.8 Å². The Kier molecular flexibility index (Phi) is 6.21. The summed E-state index contributed by atoms with van der Waals surface area (Å²) in [5, 5.41) is 3.52. The third-order valence-corrected chi connectivity index (χ3v) is 5.69. The number of nitrogens with one attached hydrogen (secondary N) is 1.